The maximum Gasteiger partial charge on any atom is 0.224 e. The molecule has 1 amide bonds. The number of carbonyl (C=O) groups is 1. The van der Waals surface area contributed by atoms with Crippen LogP contribution >= 0.6 is 0 Å². The summed E-state index contributed by atoms with van der Waals surface area (Å²) in [4.78, 5) is 17.2. The Kier molecular flexibility index (Phi) is 5.38. The van der Waals surface area contributed by atoms with Crippen LogP contribution in [0.25, 0.3) is 16.6 Å². The molecule has 4 rings (SSSR count). The molecule has 4 aromatic rings. The van der Waals surface area contributed by atoms with Crippen LogP contribution in [-0.4, -0.2) is 27.2 Å². The van der Waals surface area contributed by atoms with Crippen molar-refractivity contribution in [3.8, 4) is 5.69 Å². The number of amides is 1. The van der Waals surface area contributed by atoms with E-state index >= 15 is 0 Å². The highest BCUT2D eigenvalue weighted by molar-refractivity contribution is 5.86. The smallest absolute Gasteiger partial charge is 0.224 e. The zero-order chi connectivity index (χ0) is 20.2. The van der Waals surface area contributed by atoms with Crippen LogP contribution in [0.4, 0.5) is 0 Å². The van der Waals surface area contributed by atoms with E-state index in [-0.39, 0.29) is 5.91 Å². The van der Waals surface area contributed by atoms with E-state index in [0.29, 0.717) is 13.0 Å². The number of hydrogen-bond acceptors (Lipinski definition) is 3. The molecule has 0 fully saturated rings. The molecule has 5 nitrogen and oxygen atoms in total. The number of fused-ring (bicyclic) bond motifs is 1. The molecule has 0 saturated heterocycles. The van der Waals surface area contributed by atoms with Gasteiger partial charge < -0.3 is 5.32 Å². The Balaban J connectivity index is 1.35. The molecule has 0 radical (unpaired) electrons. The minimum atomic E-state index is 0.0291. The Morgan fingerprint density at radius 2 is 1.83 bits per heavy atom. The Morgan fingerprint density at radius 1 is 1.03 bits per heavy atom. The summed E-state index contributed by atoms with van der Waals surface area (Å²) in [5.41, 5.74) is 6.26. The first kappa shape index (κ1) is 18.9. The highest BCUT2D eigenvalue weighted by atomic mass is 16.1. The summed E-state index contributed by atoms with van der Waals surface area (Å²) in [6.45, 7) is 4.66. The molecule has 2 heterocycles. The lowest BCUT2D eigenvalue weighted by Crippen LogP contribution is -2.28. The molecule has 0 unspecified atom stereocenters. The minimum Gasteiger partial charge on any atom is -0.355 e. The van der Waals surface area contributed by atoms with Gasteiger partial charge >= 0.3 is 0 Å². The summed E-state index contributed by atoms with van der Waals surface area (Å²) in [6, 6.07) is 18.2. The van der Waals surface area contributed by atoms with Gasteiger partial charge in [0.1, 0.15) is 0 Å². The van der Waals surface area contributed by atoms with Crippen molar-refractivity contribution < 1.29 is 4.79 Å². The van der Waals surface area contributed by atoms with Gasteiger partial charge in [-0.15, -0.1) is 0 Å². The number of benzene rings is 2. The van der Waals surface area contributed by atoms with Gasteiger partial charge in [-0.1, -0.05) is 30.3 Å². The third-order valence-electron chi connectivity index (χ3n) is 5.26. The van der Waals surface area contributed by atoms with Crippen LogP contribution in [0.3, 0.4) is 0 Å². The lowest BCUT2D eigenvalue weighted by atomic mass is 9.99. The quantitative estimate of drug-likeness (QED) is 0.548. The van der Waals surface area contributed by atoms with Crippen LogP contribution < -0.4 is 5.32 Å². The fourth-order valence-corrected chi connectivity index (χ4v) is 3.64. The summed E-state index contributed by atoms with van der Waals surface area (Å²) in [6.07, 6.45) is 4.82. The van der Waals surface area contributed by atoms with Crippen molar-refractivity contribution in [2.75, 3.05) is 6.54 Å². The van der Waals surface area contributed by atoms with Crippen LogP contribution in [-0.2, 0) is 17.6 Å². The van der Waals surface area contributed by atoms with Crippen LogP contribution in [0.1, 0.15) is 22.4 Å². The molecule has 29 heavy (non-hydrogen) atoms. The topological polar surface area (TPSA) is 59.8 Å². The third-order valence-corrected chi connectivity index (χ3v) is 5.26. The van der Waals surface area contributed by atoms with Crippen molar-refractivity contribution >= 4 is 16.8 Å². The monoisotopic (exact) mass is 384 g/mol. The van der Waals surface area contributed by atoms with Gasteiger partial charge in [0.15, 0.2) is 0 Å². The molecule has 0 aliphatic heterocycles. The number of carbonyl (C=O) groups excluding carboxylic acids is 1. The van der Waals surface area contributed by atoms with E-state index in [9.17, 15) is 4.79 Å². The molecular weight excluding hydrogens is 360 g/mol. The number of pyridine rings is 1. The van der Waals surface area contributed by atoms with E-state index in [4.69, 9.17) is 0 Å². The molecule has 146 valence electrons. The Hall–Kier alpha value is -3.47. The maximum absolute atomic E-state index is 12.5. The standard InChI is InChI=1S/C24H24N4O/c1-17-21-6-3-4-7-23(21)27-18(2)22(17)16-24(29)25-14-12-19-8-10-20(11-9-19)28-15-5-13-26-28/h3-11,13,15H,12,14,16H2,1-2H3,(H,25,29). The van der Waals surface area contributed by atoms with E-state index in [0.717, 1.165) is 39.8 Å². The van der Waals surface area contributed by atoms with E-state index in [1.165, 1.54) is 5.56 Å². The van der Waals surface area contributed by atoms with E-state index in [1.807, 2.05) is 54.2 Å². The van der Waals surface area contributed by atoms with Gasteiger partial charge in [-0.05, 0) is 61.2 Å². The van der Waals surface area contributed by atoms with Gasteiger partial charge in [0, 0.05) is 30.0 Å². The molecule has 0 spiro atoms. The molecule has 5 heteroatoms. The van der Waals surface area contributed by atoms with Crippen molar-refractivity contribution in [2.24, 2.45) is 0 Å². The Morgan fingerprint density at radius 3 is 2.59 bits per heavy atom. The predicted octanol–water partition coefficient (Wildman–Crippen LogP) is 3.94. The molecule has 0 aliphatic carbocycles. The number of nitrogens with one attached hydrogen (secondary N) is 1. The average Bonchev–Trinajstić information content (AvgIpc) is 3.26. The van der Waals surface area contributed by atoms with Gasteiger partial charge in [-0.3, -0.25) is 9.78 Å². The zero-order valence-electron chi connectivity index (χ0n) is 16.7. The summed E-state index contributed by atoms with van der Waals surface area (Å²) < 4.78 is 1.83. The number of nitrogens with zero attached hydrogens (tertiary/aromatic N) is 3. The predicted molar refractivity (Wildman–Crippen MR) is 115 cm³/mol. The zero-order valence-corrected chi connectivity index (χ0v) is 16.7. The van der Waals surface area contributed by atoms with Crippen molar-refractivity contribution in [1.29, 1.82) is 0 Å². The molecule has 2 aromatic carbocycles. The number of rotatable bonds is 6. The Bertz CT molecular complexity index is 1130. The lowest BCUT2D eigenvalue weighted by Gasteiger charge is -2.13. The SMILES string of the molecule is Cc1nc2ccccc2c(C)c1CC(=O)NCCc1ccc(-n2cccn2)cc1. The highest BCUT2D eigenvalue weighted by Gasteiger charge is 2.12. The second-order valence-corrected chi connectivity index (χ2v) is 7.21. The van der Waals surface area contributed by atoms with Gasteiger partial charge in [0.05, 0.1) is 17.6 Å². The first-order chi connectivity index (χ1) is 14.1. The van der Waals surface area contributed by atoms with Crippen molar-refractivity contribution in [1.82, 2.24) is 20.1 Å². The van der Waals surface area contributed by atoms with Crippen LogP contribution in [0, 0.1) is 13.8 Å². The van der Waals surface area contributed by atoms with Gasteiger partial charge in [0.25, 0.3) is 0 Å². The molecule has 0 bridgehead atoms. The fraction of sp³-hybridized carbons (Fsp3) is 0.208. The third kappa shape index (κ3) is 4.19. The van der Waals surface area contributed by atoms with Crippen molar-refractivity contribution in [3.05, 3.63) is 89.4 Å². The van der Waals surface area contributed by atoms with Crippen molar-refractivity contribution in [3.63, 3.8) is 0 Å². The second-order valence-electron chi connectivity index (χ2n) is 7.21. The summed E-state index contributed by atoms with van der Waals surface area (Å²) >= 11 is 0. The van der Waals surface area contributed by atoms with Crippen LogP contribution in [0.15, 0.2) is 67.0 Å². The van der Waals surface area contributed by atoms with Crippen molar-refractivity contribution in [2.45, 2.75) is 26.7 Å². The first-order valence-electron chi connectivity index (χ1n) is 9.82. The average molecular weight is 384 g/mol. The number of para-hydroxylation sites is 1. The van der Waals surface area contributed by atoms with Gasteiger partial charge in [-0.25, -0.2) is 4.68 Å². The van der Waals surface area contributed by atoms with E-state index in [2.05, 4.69) is 40.5 Å². The van der Waals surface area contributed by atoms with Crippen LogP contribution in [0.2, 0.25) is 0 Å². The fourth-order valence-electron chi connectivity index (χ4n) is 3.64. The molecule has 1 N–H and O–H groups in total. The maximum atomic E-state index is 12.5. The molecule has 0 aliphatic rings. The largest absolute Gasteiger partial charge is 0.355 e. The summed E-state index contributed by atoms with van der Waals surface area (Å²) in [5, 5.41) is 8.38. The molecule has 0 atom stereocenters. The van der Waals surface area contributed by atoms with E-state index < -0.39 is 0 Å². The first-order valence-corrected chi connectivity index (χ1v) is 9.82. The number of aryl methyl sites for hydroxylation is 2. The van der Waals surface area contributed by atoms with Crippen LogP contribution in [0.5, 0.6) is 0 Å². The summed E-state index contributed by atoms with van der Waals surface area (Å²) in [5.74, 6) is 0.0291. The number of aromatic nitrogens is 3. The molecule has 0 saturated carbocycles. The van der Waals surface area contributed by atoms with Gasteiger partial charge in [-0.2, -0.15) is 5.10 Å². The molecular formula is C24H24N4O. The Labute approximate surface area is 170 Å². The highest BCUT2D eigenvalue weighted by Crippen LogP contribution is 2.22. The normalized spacial score (nSPS) is 11.0. The lowest BCUT2D eigenvalue weighted by molar-refractivity contribution is -0.120. The second kappa shape index (κ2) is 8.27. The minimum absolute atomic E-state index is 0.0291. The van der Waals surface area contributed by atoms with E-state index in [1.54, 1.807) is 6.20 Å². The molecule has 2 aromatic heterocycles. The van der Waals surface area contributed by atoms with Gasteiger partial charge in [0.2, 0.25) is 5.91 Å². The number of hydrogen-bond donors (Lipinski definition) is 1. The summed E-state index contributed by atoms with van der Waals surface area (Å²) in [7, 11) is 0.